The molecule has 0 amide bonds. The first-order valence-electron chi connectivity index (χ1n) is 4.99. The van der Waals surface area contributed by atoms with Gasteiger partial charge in [0.2, 0.25) is 10.0 Å². The molecule has 0 bridgehead atoms. The zero-order valence-corrected chi connectivity index (χ0v) is 11.6. The zero-order chi connectivity index (χ0) is 12.2. The normalized spacial score (nSPS) is 13.9. The van der Waals surface area contributed by atoms with Crippen LogP contribution in [0.3, 0.4) is 0 Å². The van der Waals surface area contributed by atoms with Gasteiger partial charge in [0, 0.05) is 17.0 Å². The molecule has 16 heavy (non-hydrogen) atoms. The minimum atomic E-state index is -3.29. The Morgan fingerprint density at radius 2 is 2.31 bits per heavy atom. The Bertz CT molecular complexity index is 430. The Morgan fingerprint density at radius 1 is 1.62 bits per heavy atom. The quantitative estimate of drug-likeness (QED) is 0.811. The van der Waals surface area contributed by atoms with Crippen molar-refractivity contribution in [1.29, 1.82) is 0 Å². The highest BCUT2D eigenvalue weighted by Gasteiger charge is 2.17. The number of sulfonamides is 1. The fourth-order valence-electron chi connectivity index (χ4n) is 1.17. The van der Waals surface area contributed by atoms with E-state index in [0.29, 0.717) is 0 Å². The summed E-state index contributed by atoms with van der Waals surface area (Å²) >= 11 is 6.94. The van der Waals surface area contributed by atoms with Crippen LogP contribution in [0.4, 0.5) is 0 Å². The Labute approximate surface area is 105 Å². The second-order valence-corrected chi connectivity index (χ2v) is 6.76. The fourth-order valence-corrected chi connectivity index (χ4v) is 3.68. The molecule has 0 saturated heterocycles. The van der Waals surface area contributed by atoms with Gasteiger partial charge >= 0.3 is 0 Å². The van der Waals surface area contributed by atoms with Crippen molar-refractivity contribution in [3.8, 4) is 0 Å². The molecule has 0 fully saturated rings. The van der Waals surface area contributed by atoms with Crippen molar-refractivity contribution < 1.29 is 8.42 Å². The molecule has 7 heteroatoms. The van der Waals surface area contributed by atoms with E-state index in [1.54, 1.807) is 13.1 Å². The van der Waals surface area contributed by atoms with Crippen molar-refractivity contribution in [2.24, 2.45) is 0 Å². The summed E-state index contributed by atoms with van der Waals surface area (Å²) in [7, 11) is -3.29. The van der Waals surface area contributed by atoms with Crippen molar-refractivity contribution in [3.63, 3.8) is 0 Å². The molecule has 1 unspecified atom stereocenters. The van der Waals surface area contributed by atoms with Gasteiger partial charge in [-0.25, -0.2) is 18.1 Å². The van der Waals surface area contributed by atoms with Gasteiger partial charge in [-0.05, 0) is 13.3 Å². The second-order valence-electron chi connectivity index (χ2n) is 3.37. The SMILES string of the molecule is CCc1cnc(C(C)NS(=O)(=O)CCCl)s1. The number of aryl methyl sites for hydroxylation is 1. The summed E-state index contributed by atoms with van der Waals surface area (Å²) in [5.74, 6) is 0.0328. The number of thiazole rings is 1. The first kappa shape index (κ1) is 13.9. The van der Waals surface area contributed by atoms with E-state index in [-0.39, 0.29) is 17.7 Å². The van der Waals surface area contributed by atoms with Crippen LogP contribution >= 0.6 is 22.9 Å². The van der Waals surface area contributed by atoms with Gasteiger partial charge in [0.1, 0.15) is 5.01 Å². The number of hydrogen-bond acceptors (Lipinski definition) is 4. The lowest BCUT2D eigenvalue weighted by Crippen LogP contribution is -2.29. The van der Waals surface area contributed by atoms with Crippen LogP contribution in [0.15, 0.2) is 6.20 Å². The standard InChI is InChI=1S/C9H15ClN2O2S2/c1-3-8-6-11-9(15-8)7(2)12-16(13,14)5-4-10/h6-7,12H,3-5H2,1-2H3. The summed E-state index contributed by atoms with van der Waals surface area (Å²) in [5, 5.41) is 0.787. The number of rotatable bonds is 6. The first-order valence-corrected chi connectivity index (χ1v) is 7.99. The lowest BCUT2D eigenvalue weighted by Gasteiger charge is -2.10. The molecule has 0 aliphatic heterocycles. The van der Waals surface area contributed by atoms with E-state index in [0.717, 1.165) is 16.3 Å². The smallest absolute Gasteiger partial charge is 0.213 e. The summed E-state index contributed by atoms with van der Waals surface area (Å²) in [5.41, 5.74) is 0. The van der Waals surface area contributed by atoms with E-state index in [4.69, 9.17) is 11.6 Å². The van der Waals surface area contributed by atoms with Crippen LogP contribution in [0.25, 0.3) is 0 Å². The number of alkyl halides is 1. The van der Waals surface area contributed by atoms with E-state index < -0.39 is 10.0 Å². The van der Waals surface area contributed by atoms with Crippen LogP contribution in [0.5, 0.6) is 0 Å². The summed E-state index contributed by atoms with van der Waals surface area (Å²) in [6, 6.07) is -0.293. The third-order valence-electron chi connectivity index (χ3n) is 1.99. The molecule has 0 spiro atoms. The van der Waals surface area contributed by atoms with Crippen molar-refractivity contribution in [2.75, 3.05) is 11.6 Å². The molecule has 0 aromatic carbocycles. The number of aromatic nitrogens is 1. The highest BCUT2D eigenvalue weighted by molar-refractivity contribution is 7.89. The van der Waals surface area contributed by atoms with E-state index in [1.807, 2.05) is 6.92 Å². The predicted octanol–water partition coefficient (Wildman–Crippen LogP) is 1.92. The molecule has 1 N–H and O–H groups in total. The molecule has 1 aromatic heterocycles. The molecule has 1 heterocycles. The molecule has 0 saturated carbocycles. The van der Waals surface area contributed by atoms with Gasteiger partial charge in [-0.2, -0.15) is 0 Å². The summed E-state index contributed by atoms with van der Waals surface area (Å²) in [4.78, 5) is 5.34. The number of nitrogens with zero attached hydrogens (tertiary/aromatic N) is 1. The Balaban J connectivity index is 2.68. The molecular weight excluding hydrogens is 268 g/mol. The molecule has 1 rings (SSSR count). The molecule has 0 radical (unpaired) electrons. The third kappa shape index (κ3) is 4.01. The van der Waals surface area contributed by atoms with Crippen LogP contribution in [0.1, 0.15) is 29.8 Å². The lowest BCUT2D eigenvalue weighted by molar-refractivity contribution is 0.568. The maximum absolute atomic E-state index is 11.5. The molecule has 0 aliphatic carbocycles. The van der Waals surface area contributed by atoms with E-state index in [1.165, 1.54) is 11.3 Å². The molecule has 1 atom stereocenters. The van der Waals surface area contributed by atoms with Crippen molar-refractivity contribution in [1.82, 2.24) is 9.71 Å². The Hall–Kier alpha value is -0.170. The number of hydrogen-bond donors (Lipinski definition) is 1. The van der Waals surface area contributed by atoms with Crippen molar-refractivity contribution in [3.05, 3.63) is 16.1 Å². The highest BCUT2D eigenvalue weighted by atomic mass is 35.5. The molecule has 0 aliphatic rings. The average molecular weight is 283 g/mol. The first-order chi connectivity index (χ1) is 7.48. The van der Waals surface area contributed by atoms with Crippen LogP contribution < -0.4 is 4.72 Å². The van der Waals surface area contributed by atoms with E-state index in [9.17, 15) is 8.42 Å². The average Bonchev–Trinajstić information content (AvgIpc) is 2.64. The topological polar surface area (TPSA) is 59.1 Å². The van der Waals surface area contributed by atoms with Gasteiger partial charge in [0.15, 0.2) is 0 Å². The van der Waals surface area contributed by atoms with Crippen LogP contribution in [0, 0.1) is 0 Å². The molecule has 92 valence electrons. The lowest BCUT2D eigenvalue weighted by atomic mass is 10.4. The van der Waals surface area contributed by atoms with E-state index >= 15 is 0 Å². The van der Waals surface area contributed by atoms with Crippen LogP contribution in [-0.4, -0.2) is 25.0 Å². The van der Waals surface area contributed by atoms with Gasteiger partial charge in [-0.15, -0.1) is 22.9 Å². The van der Waals surface area contributed by atoms with Crippen molar-refractivity contribution >= 4 is 33.0 Å². The van der Waals surface area contributed by atoms with E-state index in [2.05, 4.69) is 9.71 Å². The third-order valence-corrected chi connectivity index (χ3v) is 5.18. The summed E-state index contributed by atoms with van der Waals surface area (Å²) in [6.07, 6.45) is 2.70. The Kier molecular flexibility index (Phi) is 5.17. The zero-order valence-electron chi connectivity index (χ0n) is 9.23. The Morgan fingerprint density at radius 3 is 2.81 bits per heavy atom. The summed E-state index contributed by atoms with van der Waals surface area (Å²) < 4.78 is 25.5. The van der Waals surface area contributed by atoms with Crippen LogP contribution in [0.2, 0.25) is 0 Å². The summed E-state index contributed by atoms with van der Waals surface area (Å²) in [6.45, 7) is 3.82. The van der Waals surface area contributed by atoms with Gasteiger partial charge in [-0.3, -0.25) is 0 Å². The minimum absolute atomic E-state index is 0.0646. The fraction of sp³-hybridized carbons (Fsp3) is 0.667. The van der Waals surface area contributed by atoms with Gasteiger partial charge < -0.3 is 0 Å². The largest absolute Gasteiger partial charge is 0.248 e. The van der Waals surface area contributed by atoms with Crippen LogP contribution in [-0.2, 0) is 16.4 Å². The van der Waals surface area contributed by atoms with Crippen molar-refractivity contribution in [2.45, 2.75) is 26.3 Å². The highest BCUT2D eigenvalue weighted by Crippen LogP contribution is 2.20. The minimum Gasteiger partial charge on any atom is -0.248 e. The number of halogens is 1. The predicted molar refractivity (Wildman–Crippen MR) is 67.5 cm³/mol. The maximum Gasteiger partial charge on any atom is 0.213 e. The molecule has 1 aromatic rings. The van der Waals surface area contributed by atoms with Gasteiger partial charge in [-0.1, -0.05) is 6.92 Å². The van der Waals surface area contributed by atoms with Gasteiger partial charge in [0.05, 0.1) is 11.8 Å². The molecular formula is C9H15ClN2O2S2. The number of nitrogens with one attached hydrogen (secondary N) is 1. The monoisotopic (exact) mass is 282 g/mol. The van der Waals surface area contributed by atoms with Gasteiger partial charge in [0.25, 0.3) is 0 Å². The maximum atomic E-state index is 11.5. The molecule has 4 nitrogen and oxygen atoms in total. The second kappa shape index (κ2) is 5.95.